The van der Waals surface area contributed by atoms with E-state index in [2.05, 4.69) is 22.7 Å². The van der Waals surface area contributed by atoms with Crippen LogP contribution in [0.2, 0.25) is 0 Å². The number of hydrogen-bond donors (Lipinski definition) is 2. The van der Waals surface area contributed by atoms with Gasteiger partial charge in [-0.1, -0.05) is 6.92 Å². The molecule has 1 aromatic rings. The maximum absolute atomic E-state index is 12.3. The Morgan fingerprint density at radius 1 is 1.12 bits per heavy atom. The van der Waals surface area contributed by atoms with Gasteiger partial charge in [0, 0.05) is 12.1 Å². The second-order valence-electron chi connectivity index (χ2n) is 6.40. The molecule has 2 rings (SSSR count). The second-order valence-corrected chi connectivity index (χ2v) is 6.40. The number of rotatable bonds is 6. The third-order valence-electron chi connectivity index (χ3n) is 4.35. The van der Waals surface area contributed by atoms with E-state index in [1.165, 1.54) is 39.9 Å². The highest BCUT2D eigenvalue weighted by atomic mass is 16.5. The number of benzene rings is 1. The molecule has 26 heavy (non-hydrogen) atoms. The third-order valence-corrected chi connectivity index (χ3v) is 4.35. The van der Waals surface area contributed by atoms with Gasteiger partial charge >= 0.3 is 0 Å². The van der Waals surface area contributed by atoms with Crippen molar-refractivity contribution in [3.63, 3.8) is 0 Å². The molecule has 0 aromatic heterocycles. The zero-order valence-corrected chi connectivity index (χ0v) is 15.8. The van der Waals surface area contributed by atoms with Crippen LogP contribution in [-0.4, -0.2) is 57.7 Å². The molecule has 1 fully saturated rings. The van der Waals surface area contributed by atoms with Crippen LogP contribution in [0.25, 0.3) is 0 Å². The zero-order valence-electron chi connectivity index (χ0n) is 15.8. The summed E-state index contributed by atoms with van der Waals surface area (Å²) in [6.07, 6.45) is 2.28. The van der Waals surface area contributed by atoms with Crippen LogP contribution in [0.4, 0.5) is 0 Å². The highest BCUT2D eigenvalue weighted by molar-refractivity contribution is 5.96. The number of carbonyl (C=O) groups excluding carboxylic acids is 2. The van der Waals surface area contributed by atoms with E-state index >= 15 is 0 Å². The topological polar surface area (TPSA) is 89.1 Å². The number of nitrogens with one attached hydrogen (secondary N) is 2. The van der Waals surface area contributed by atoms with Crippen molar-refractivity contribution in [1.29, 1.82) is 0 Å². The molecule has 0 bridgehead atoms. The molecule has 0 saturated carbocycles. The average Bonchev–Trinajstić information content (AvgIpc) is 2.64. The normalized spacial score (nSPS) is 17.3. The van der Waals surface area contributed by atoms with Crippen molar-refractivity contribution in [3.8, 4) is 17.2 Å². The highest BCUT2D eigenvalue weighted by Gasteiger charge is 2.20. The molecule has 2 N–H and O–H groups in total. The van der Waals surface area contributed by atoms with Gasteiger partial charge in [0.1, 0.15) is 0 Å². The first-order chi connectivity index (χ1) is 12.5. The van der Waals surface area contributed by atoms with Crippen molar-refractivity contribution in [2.24, 2.45) is 5.92 Å². The van der Waals surface area contributed by atoms with Crippen molar-refractivity contribution in [3.05, 3.63) is 17.7 Å². The molecule has 1 heterocycles. The van der Waals surface area contributed by atoms with E-state index in [0.29, 0.717) is 23.2 Å². The molecule has 0 spiro atoms. The maximum atomic E-state index is 12.3. The molecule has 1 saturated heterocycles. The molecular weight excluding hydrogens is 338 g/mol. The predicted octanol–water partition coefficient (Wildman–Crippen LogP) is 1.21. The lowest BCUT2D eigenvalue weighted by molar-refractivity contribution is -0.123. The molecule has 1 aliphatic rings. The Kier molecular flexibility index (Phi) is 7.08. The van der Waals surface area contributed by atoms with Crippen LogP contribution >= 0.6 is 0 Å². The van der Waals surface area contributed by atoms with Crippen molar-refractivity contribution < 1.29 is 23.8 Å². The van der Waals surface area contributed by atoms with E-state index < -0.39 is 5.91 Å². The highest BCUT2D eigenvalue weighted by Crippen LogP contribution is 2.38. The first kappa shape index (κ1) is 19.8. The summed E-state index contributed by atoms with van der Waals surface area (Å²) in [5.41, 5.74) is 5.16. The quantitative estimate of drug-likeness (QED) is 0.737. The summed E-state index contributed by atoms with van der Waals surface area (Å²) in [5, 5.41) is 0. The van der Waals surface area contributed by atoms with E-state index in [9.17, 15) is 9.59 Å². The summed E-state index contributed by atoms with van der Waals surface area (Å²) >= 11 is 0. The lowest BCUT2D eigenvalue weighted by Crippen LogP contribution is -2.48. The summed E-state index contributed by atoms with van der Waals surface area (Å²) in [6, 6.07) is 3.05. The first-order valence-electron chi connectivity index (χ1n) is 8.60. The van der Waals surface area contributed by atoms with E-state index in [-0.39, 0.29) is 18.0 Å². The van der Waals surface area contributed by atoms with Crippen molar-refractivity contribution in [1.82, 2.24) is 15.8 Å². The van der Waals surface area contributed by atoms with Crippen LogP contribution < -0.4 is 25.1 Å². The van der Waals surface area contributed by atoms with E-state index in [0.717, 1.165) is 19.5 Å². The fraction of sp³-hybridized carbons (Fsp3) is 0.556. The first-order valence-corrected chi connectivity index (χ1v) is 8.60. The Morgan fingerprint density at radius 2 is 1.77 bits per heavy atom. The van der Waals surface area contributed by atoms with E-state index in [1.54, 1.807) is 0 Å². The van der Waals surface area contributed by atoms with Gasteiger partial charge in [-0.15, -0.1) is 0 Å². The Morgan fingerprint density at radius 3 is 2.31 bits per heavy atom. The molecule has 1 atom stereocenters. The number of amides is 2. The molecule has 1 aromatic carbocycles. The predicted molar refractivity (Wildman–Crippen MR) is 96.5 cm³/mol. The molecular formula is C18H27N3O5. The van der Waals surface area contributed by atoms with Gasteiger partial charge in [-0.2, -0.15) is 0 Å². The van der Waals surface area contributed by atoms with Crippen LogP contribution in [0.15, 0.2) is 12.1 Å². The Bertz CT molecular complexity index is 625. The molecule has 8 nitrogen and oxygen atoms in total. The van der Waals surface area contributed by atoms with Gasteiger partial charge in [0.25, 0.3) is 11.8 Å². The molecule has 8 heteroatoms. The van der Waals surface area contributed by atoms with E-state index in [1.807, 2.05) is 0 Å². The number of likely N-dealkylation sites (tertiary alicyclic amines) is 1. The average molecular weight is 365 g/mol. The summed E-state index contributed by atoms with van der Waals surface area (Å²) in [7, 11) is 4.43. The molecule has 0 radical (unpaired) electrons. The minimum Gasteiger partial charge on any atom is -0.493 e. The monoisotopic (exact) mass is 365 g/mol. The lowest BCUT2D eigenvalue weighted by atomic mass is 10.0. The van der Waals surface area contributed by atoms with Crippen LogP contribution in [0.1, 0.15) is 30.1 Å². The zero-order chi connectivity index (χ0) is 19.1. The van der Waals surface area contributed by atoms with Crippen molar-refractivity contribution in [2.45, 2.75) is 19.8 Å². The standard InChI is InChI=1S/C18H27N3O5/c1-12-6-5-7-21(10-12)11-16(22)19-20-18(23)13-8-14(24-2)17(26-4)15(9-13)25-3/h8-9,12H,5-7,10-11H2,1-4H3,(H,19,22)(H,20,23). The molecule has 1 aliphatic heterocycles. The van der Waals surface area contributed by atoms with Gasteiger partial charge in [-0.3, -0.25) is 25.3 Å². The number of hydrazine groups is 1. The number of nitrogens with zero attached hydrogens (tertiary/aromatic N) is 1. The van der Waals surface area contributed by atoms with Gasteiger partial charge in [-0.25, -0.2) is 0 Å². The maximum Gasteiger partial charge on any atom is 0.269 e. The molecule has 144 valence electrons. The number of hydrogen-bond acceptors (Lipinski definition) is 6. The van der Waals surface area contributed by atoms with Crippen molar-refractivity contribution >= 4 is 11.8 Å². The Labute approximate surface area is 153 Å². The van der Waals surface area contributed by atoms with Gasteiger partial charge in [0.15, 0.2) is 11.5 Å². The van der Waals surface area contributed by atoms with Gasteiger partial charge in [0.2, 0.25) is 5.75 Å². The van der Waals surface area contributed by atoms with Crippen LogP contribution in [0, 0.1) is 5.92 Å². The molecule has 2 amide bonds. The fourth-order valence-corrected chi connectivity index (χ4v) is 3.08. The summed E-state index contributed by atoms with van der Waals surface area (Å²) in [5.74, 6) is 1.00. The summed E-state index contributed by atoms with van der Waals surface area (Å²) in [4.78, 5) is 26.5. The SMILES string of the molecule is COc1cc(C(=O)NNC(=O)CN2CCCC(C)C2)cc(OC)c1OC. The minimum absolute atomic E-state index is 0.250. The Balaban J connectivity index is 1.95. The van der Waals surface area contributed by atoms with E-state index in [4.69, 9.17) is 14.2 Å². The number of piperidine rings is 1. The van der Waals surface area contributed by atoms with Gasteiger partial charge in [-0.05, 0) is 37.4 Å². The largest absolute Gasteiger partial charge is 0.493 e. The summed E-state index contributed by atoms with van der Waals surface area (Å²) < 4.78 is 15.7. The molecule has 0 aliphatic carbocycles. The van der Waals surface area contributed by atoms with Gasteiger partial charge in [0.05, 0.1) is 27.9 Å². The molecule has 1 unspecified atom stereocenters. The number of ether oxygens (including phenoxy) is 3. The number of methoxy groups -OCH3 is 3. The smallest absolute Gasteiger partial charge is 0.269 e. The van der Waals surface area contributed by atoms with Crippen LogP contribution in [0.3, 0.4) is 0 Å². The van der Waals surface area contributed by atoms with Crippen LogP contribution in [0.5, 0.6) is 17.2 Å². The minimum atomic E-state index is -0.468. The van der Waals surface area contributed by atoms with Crippen LogP contribution in [-0.2, 0) is 4.79 Å². The summed E-state index contributed by atoms with van der Waals surface area (Å²) in [6.45, 7) is 4.24. The van der Waals surface area contributed by atoms with Gasteiger partial charge < -0.3 is 14.2 Å². The third kappa shape index (κ3) is 5.01. The lowest BCUT2D eigenvalue weighted by Gasteiger charge is -2.30. The Hall–Kier alpha value is -2.48. The second kappa shape index (κ2) is 9.28. The van der Waals surface area contributed by atoms with Crippen molar-refractivity contribution in [2.75, 3.05) is 41.0 Å². The number of carbonyl (C=O) groups is 2. The fourth-order valence-electron chi connectivity index (χ4n) is 3.08.